The number of thiophene rings is 1. The van der Waals surface area contributed by atoms with Crippen molar-refractivity contribution in [2.45, 2.75) is 32.2 Å². The van der Waals surface area contributed by atoms with E-state index in [-0.39, 0.29) is 17.0 Å². The first-order valence-corrected chi connectivity index (χ1v) is 6.57. The van der Waals surface area contributed by atoms with E-state index in [4.69, 9.17) is 5.11 Å². The molecule has 0 aromatic carbocycles. The number of hydrogen-bond acceptors (Lipinski definition) is 5. The van der Waals surface area contributed by atoms with Gasteiger partial charge in [0.2, 0.25) is 0 Å². The lowest BCUT2D eigenvalue weighted by atomic mass is 10.1. The van der Waals surface area contributed by atoms with E-state index in [9.17, 15) is 19.7 Å². The molecule has 0 saturated carbocycles. The van der Waals surface area contributed by atoms with Gasteiger partial charge < -0.3 is 10.4 Å². The number of nitrogens with zero attached hydrogens (tertiary/aromatic N) is 1. The second kappa shape index (κ2) is 6.83. The maximum atomic E-state index is 11.8. The molecule has 1 aromatic heterocycles. The molecule has 0 bridgehead atoms. The number of hydrogen-bond donors (Lipinski definition) is 2. The first-order chi connectivity index (χ1) is 8.93. The van der Waals surface area contributed by atoms with Gasteiger partial charge in [-0.15, -0.1) is 0 Å². The van der Waals surface area contributed by atoms with Gasteiger partial charge in [-0.25, -0.2) is 0 Å². The molecule has 0 radical (unpaired) electrons. The molecule has 2 N–H and O–H groups in total. The Kier molecular flexibility index (Phi) is 5.43. The van der Waals surface area contributed by atoms with Crippen molar-refractivity contribution in [2.24, 2.45) is 0 Å². The van der Waals surface area contributed by atoms with E-state index in [0.717, 1.165) is 17.8 Å². The largest absolute Gasteiger partial charge is 0.481 e. The molecule has 0 saturated heterocycles. The third-order valence-corrected chi connectivity index (χ3v) is 3.30. The Bertz CT molecular complexity index is 485. The standard InChI is InChI=1S/C11H14N2O5S/c1-2-3-8(5-10(14)15)12-11(16)7-4-9(13(17)18)19-6-7/h4,6,8H,2-3,5H2,1H3,(H,12,16)(H,14,15). The smallest absolute Gasteiger partial charge is 0.324 e. The van der Waals surface area contributed by atoms with E-state index in [1.807, 2.05) is 6.92 Å². The average molecular weight is 286 g/mol. The van der Waals surface area contributed by atoms with Crippen LogP contribution in [0.25, 0.3) is 0 Å². The van der Waals surface area contributed by atoms with Gasteiger partial charge in [-0.1, -0.05) is 24.7 Å². The summed E-state index contributed by atoms with van der Waals surface area (Å²) in [4.78, 5) is 32.4. The predicted molar refractivity (Wildman–Crippen MR) is 69.4 cm³/mol. The normalized spacial score (nSPS) is 11.8. The zero-order valence-electron chi connectivity index (χ0n) is 10.3. The van der Waals surface area contributed by atoms with Crippen LogP contribution in [0.5, 0.6) is 0 Å². The minimum atomic E-state index is -0.991. The van der Waals surface area contributed by atoms with E-state index in [2.05, 4.69) is 5.32 Å². The van der Waals surface area contributed by atoms with Crippen LogP contribution in [0.1, 0.15) is 36.5 Å². The van der Waals surface area contributed by atoms with Crippen LogP contribution in [0.15, 0.2) is 11.4 Å². The quantitative estimate of drug-likeness (QED) is 0.588. The summed E-state index contributed by atoms with van der Waals surface area (Å²) in [5, 5.41) is 23.1. The number of nitro groups is 1. The molecule has 1 heterocycles. The fourth-order valence-corrected chi connectivity index (χ4v) is 2.30. The first-order valence-electron chi connectivity index (χ1n) is 5.69. The summed E-state index contributed by atoms with van der Waals surface area (Å²) in [5.74, 6) is -1.47. The monoisotopic (exact) mass is 286 g/mol. The SMILES string of the molecule is CCCC(CC(=O)O)NC(=O)c1csc([N+](=O)[O-])c1. The highest BCUT2D eigenvalue weighted by Crippen LogP contribution is 2.22. The Morgan fingerprint density at radius 1 is 1.58 bits per heavy atom. The van der Waals surface area contributed by atoms with Crippen LogP contribution in [0, 0.1) is 10.1 Å². The zero-order valence-corrected chi connectivity index (χ0v) is 11.1. The summed E-state index contributed by atoms with van der Waals surface area (Å²) in [7, 11) is 0. The van der Waals surface area contributed by atoms with Crippen LogP contribution in [0.2, 0.25) is 0 Å². The van der Waals surface area contributed by atoms with Crippen molar-refractivity contribution in [3.63, 3.8) is 0 Å². The fourth-order valence-electron chi connectivity index (χ4n) is 1.59. The van der Waals surface area contributed by atoms with Gasteiger partial charge >= 0.3 is 11.0 Å². The van der Waals surface area contributed by atoms with Gasteiger partial charge in [-0.2, -0.15) is 0 Å². The van der Waals surface area contributed by atoms with Crippen molar-refractivity contribution in [1.29, 1.82) is 0 Å². The summed E-state index contributed by atoms with van der Waals surface area (Å²) < 4.78 is 0. The second-order valence-electron chi connectivity index (χ2n) is 3.99. The average Bonchev–Trinajstić information content (AvgIpc) is 2.77. The fraction of sp³-hybridized carbons (Fsp3) is 0.455. The lowest BCUT2D eigenvalue weighted by molar-refractivity contribution is -0.380. The van der Waals surface area contributed by atoms with Gasteiger partial charge in [0, 0.05) is 17.5 Å². The third-order valence-electron chi connectivity index (χ3n) is 2.42. The van der Waals surface area contributed by atoms with Gasteiger partial charge in [0.1, 0.15) is 0 Å². The van der Waals surface area contributed by atoms with E-state index in [1.54, 1.807) is 0 Å². The maximum absolute atomic E-state index is 11.8. The number of carboxylic acids is 1. The summed E-state index contributed by atoms with van der Waals surface area (Å²) in [6, 6.07) is 0.720. The highest BCUT2D eigenvalue weighted by atomic mass is 32.1. The summed E-state index contributed by atoms with van der Waals surface area (Å²) in [6.07, 6.45) is 1.12. The highest BCUT2D eigenvalue weighted by molar-refractivity contribution is 7.13. The van der Waals surface area contributed by atoms with Crippen LogP contribution in [-0.2, 0) is 4.79 Å². The van der Waals surface area contributed by atoms with Crippen LogP contribution in [0.4, 0.5) is 5.00 Å². The van der Waals surface area contributed by atoms with Gasteiger partial charge in [-0.05, 0) is 6.42 Å². The van der Waals surface area contributed by atoms with E-state index in [0.29, 0.717) is 6.42 Å². The van der Waals surface area contributed by atoms with Crippen molar-refractivity contribution in [2.75, 3.05) is 0 Å². The Morgan fingerprint density at radius 2 is 2.26 bits per heavy atom. The topological polar surface area (TPSA) is 110 Å². The molecular formula is C11H14N2O5S. The molecule has 1 atom stereocenters. The van der Waals surface area contributed by atoms with Gasteiger partial charge in [0.05, 0.1) is 16.9 Å². The molecule has 1 rings (SSSR count). The molecule has 1 unspecified atom stereocenters. The number of nitrogens with one attached hydrogen (secondary N) is 1. The number of carboxylic acid groups (broad SMARTS) is 1. The number of carbonyl (C=O) groups excluding carboxylic acids is 1. The van der Waals surface area contributed by atoms with Gasteiger partial charge in [0.15, 0.2) is 0 Å². The van der Waals surface area contributed by atoms with E-state index < -0.39 is 22.8 Å². The molecule has 0 aliphatic rings. The van der Waals surface area contributed by atoms with Crippen LogP contribution in [0.3, 0.4) is 0 Å². The Labute approximate surface area is 113 Å². The molecule has 7 nitrogen and oxygen atoms in total. The number of rotatable bonds is 7. The Hall–Kier alpha value is -1.96. The van der Waals surface area contributed by atoms with Crippen molar-refractivity contribution in [1.82, 2.24) is 5.32 Å². The number of amides is 1. The van der Waals surface area contributed by atoms with Crippen LogP contribution >= 0.6 is 11.3 Å². The first kappa shape index (κ1) is 15.1. The number of carbonyl (C=O) groups is 2. The molecule has 8 heteroatoms. The van der Waals surface area contributed by atoms with Crippen LogP contribution in [-0.4, -0.2) is 27.9 Å². The minimum Gasteiger partial charge on any atom is -0.481 e. The predicted octanol–water partition coefficient (Wildman–Crippen LogP) is 2.03. The van der Waals surface area contributed by atoms with E-state index >= 15 is 0 Å². The maximum Gasteiger partial charge on any atom is 0.324 e. The second-order valence-corrected chi connectivity index (χ2v) is 4.88. The minimum absolute atomic E-state index is 0.115. The molecular weight excluding hydrogens is 272 g/mol. The summed E-state index contributed by atoms with van der Waals surface area (Å²) in [5.41, 5.74) is 0.184. The van der Waals surface area contributed by atoms with Crippen molar-refractivity contribution in [3.05, 3.63) is 27.1 Å². The zero-order chi connectivity index (χ0) is 14.4. The van der Waals surface area contributed by atoms with Crippen molar-refractivity contribution < 1.29 is 19.6 Å². The summed E-state index contributed by atoms with van der Waals surface area (Å²) >= 11 is 0.864. The van der Waals surface area contributed by atoms with E-state index in [1.165, 1.54) is 11.4 Å². The summed E-state index contributed by atoms with van der Waals surface area (Å²) in [6.45, 7) is 1.89. The third kappa shape index (κ3) is 4.66. The lowest BCUT2D eigenvalue weighted by Gasteiger charge is -2.15. The van der Waals surface area contributed by atoms with Gasteiger partial charge in [0.25, 0.3) is 5.91 Å². The Morgan fingerprint density at radius 3 is 2.74 bits per heavy atom. The van der Waals surface area contributed by atoms with Crippen LogP contribution < -0.4 is 5.32 Å². The van der Waals surface area contributed by atoms with Gasteiger partial charge in [-0.3, -0.25) is 19.7 Å². The molecule has 0 spiro atoms. The Balaban J connectivity index is 2.69. The lowest BCUT2D eigenvalue weighted by Crippen LogP contribution is -2.36. The number of aliphatic carboxylic acids is 1. The molecule has 0 aliphatic heterocycles. The van der Waals surface area contributed by atoms with Crippen molar-refractivity contribution >= 4 is 28.2 Å². The molecule has 1 amide bonds. The molecule has 0 fully saturated rings. The molecule has 0 aliphatic carbocycles. The molecule has 1 aromatic rings. The molecule has 19 heavy (non-hydrogen) atoms. The van der Waals surface area contributed by atoms with Crippen molar-refractivity contribution in [3.8, 4) is 0 Å². The highest BCUT2D eigenvalue weighted by Gasteiger charge is 2.19. The molecule has 104 valence electrons.